The molecule has 3 amide bonds. The van der Waals surface area contributed by atoms with E-state index < -0.39 is 28.8 Å². The summed E-state index contributed by atoms with van der Waals surface area (Å²) in [5.41, 5.74) is 0.609. The van der Waals surface area contributed by atoms with Crippen molar-refractivity contribution in [3.8, 4) is 0 Å². The summed E-state index contributed by atoms with van der Waals surface area (Å²) in [6.07, 6.45) is 1.12. The first kappa shape index (κ1) is 24.2. The number of nitrogens with one attached hydrogen (secondary N) is 2. The Morgan fingerprint density at radius 3 is 2.52 bits per heavy atom. The first-order valence-electron chi connectivity index (χ1n) is 10.1. The summed E-state index contributed by atoms with van der Waals surface area (Å²) in [7, 11) is 0. The van der Waals surface area contributed by atoms with Gasteiger partial charge in [0.05, 0.1) is 18.0 Å². The molecule has 0 radical (unpaired) electrons. The average molecular weight is 527 g/mol. The second-order valence-electron chi connectivity index (χ2n) is 7.24. The number of aryl methyl sites for hydroxylation is 1. The lowest BCUT2D eigenvalue weighted by Gasteiger charge is -2.35. The summed E-state index contributed by atoms with van der Waals surface area (Å²) in [5.74, 6) is -1.29. The minimum absolute atomic E-state index is 0.0689. The number of H-pyrrole nitrogens is 1. The van der Waals surface area contributed by atoms with Crippen molar-refractivity contribution >= 4 is 45.3 Å². The van der Waals surface area contributed by atoms with E-state index in [0.29, 0.717) is 44.2 Å². The van der Waals surface area contributed by atoms with E-state index in [9.17, 15) is 24.5 Å². The number of carbonyl (C=O) groups is 3. The molecule has 1 atom stereocenters. The van der Waals surface area contributed by atoms with Gasteiger partial charge in [0.1, 0.15) is 10.5 Å². The number of nitro groups is 1. The standard InChI is InChI=1S/C18H23BrN8O6/c1-4-33-18(30)25-7-5-24(6-8-25)17(29)11(3)26-9-12(10(2)23-26)20-16(28)14-13(19)15(22-21-14)27(31)32/h9,11H,4-8H2,1-3H3,(H,20,28)(H,21,22). The van der Waals surface area contributed by atoms with Crippen molar-refractivity contribution in [2.75, 3.05) is 38.1 Å². The molecule has 1 saturated heterocycles. The zero-order valence-corrected chi connectivity index (χ0v) is 19.8. The van der Waals surface area contributed by atoms with Crippen LogP contribution in [0.25, 0.3) is 0 Å². The van der Waals surface area contributed by atoms with Gasteiger partial charge >= 0.3 is 11.9 Å². The number of hydrogen-bond acceptors (Lipinski definition) is 8. The minimum Gasteiger partial charge on any atom is -0.450 e. The normalized spacial score (nSPS) is 14.7. The Hall–Kier alpha value is -3.49. The average Bonchev–Trinajstić information content (AvgIpc) is 3.35. The van der Waals surface area contributed by atoms with Crippen molar-refractivity contribution in [3.63, 3.8) is 0 Å². The smallest absolute Gasteiger partial charge is 0.409 e. The molecule has 14 nitrogen and oxygen atoms in total. The molecule has 0 spiro atoms. The fourth-order valence-corrected chi connectivity index (χ4v) is 3.78. The molecule has 0 aromatic carbocycles. The van der Waals surface area contributed by atoms with Gasteiger partial charge in [0, 0.05) is 32.4 Å². The molecule has 178 valence electrons. The molecule has 2 aromatic heterocycles. The van der Waals surface area contributed by atoms with Crippen LogP contribution in [0, 0.1) is 17.0 Å². The predicted octanol–water partition coefficient (Wildman–Crippen LogP) is 1.70. The van der Waals surface area contributed by atoms with Crippen LogP contribution < -0.4 is 5.32 Å². The van der Waals surface area contributed by atoms with Crippen LogP contribution in [0.3, 0.4) is 0 Å². The highest BCUT2D eigenvalue weighted by Gasteiger charge is 2.30. The van der Waals surface area contributed by atoms with Crippen LogP contribution >= 0.6 is 15.9 Å². The van der Waals surface area contributed by atoms with Crippen LogP contribution in [-0.2, 0) is 9.53 Å². The molecule has 2 aromatic rings. The molecular formula is C18H23BrN8O6. The van der Waals surface area contributed by atoms with Crippen LogP contribution in [0.1, 0.15) is 36.1 Å². The molecular weight excluding hydrogens is 504 g/mol. The Morgan fingerprint density at radius 2 is 1.94 bits per heavy atom. The summed E-state index contributed by atoms with van der Waals surface area (Å²) < 4.78 is 6.35. The molecule has 33 heavy (non-hydrogen) atoms. The van der Waals surface area contributed by atoms with E-state index in [1.165, 1.54) is 10.9 Å². The summed E-state index contributed by atoms with van der Waals surface area (Å²) in [4.78, 5) is 50.7. The molecule has 2 N–H and O–H groups in total. The topological polar surface area (TPSA) is 169 Å². The van der Waals surface area contributed by atoms with Crippen LogP contribution in [0.5, 0.6) is 0 Å². The molecule has 0 bridgehead atoms. The molecule has 3 rings (SSSR count). The quantitative estimate of drug-likeness (QED) is 0.423. The van der Waals surface area contributed by atoms with Gasteiger partial charge in [0.15, 0.2) is 5.69 Å². The fourth-order valence-electron chi connectivity index (χ4n) is 3.28. The number of halogens is 1. The van der Waals surface area contributed by atoms with Crippen molar-refractivity contribution in [2.45, 2.75) is 26.8 Å². The number of hydrogen-bond donors (Lipinski definition) is 2. The van der Waals surface area contributed by atoms with Crippen molar-refractivity contribution in [3.05, 3.63) is 32.2 Å². The second kappa shape index (κ2) is 9.97. The lowest BCUT2D eigenvalue weighted by atomic mass is 10.2. The van der Waals surface area contributed by atoms with Gasteiger partial charge in [-0.05, 0) is 41.6 Å². The van der Waals surface area contributed by atoms with Crippen molar-refractivity contribution in [1.82, 2.24) is 29.8 Å². The Balaban J connectivity index is 1.65. The van der Waals surface area contributed by atoms with Crippen LogP contribution in [0.15, 0.2) is 10.7 Å². The molecule has 1 unspecified atom stereocenters. The number of anilines is 1. The second-order valence-corrected chi connectivity index (χ2v) is 8.03. The van der Waals surface area contributed by atoms with E-state index in [0.717, 1.165) is 0 Å². The van der Waals surface area contributed by atoms with E-state index >= 15 is 0 Å². The van der Waals surface area contributed by atoms with Gasteiger partial charge in [-0.1, -0.05) is 5.10 Å². The lowest BCUT2D eigenvalue weighted by Crippen LogP contribution is -2.52. The summed E-state index contributed by atoms with van der Waals surface area (Å²) in [6, 6.07) is -0.651. The van der Waals surface area contributed by atoms with Crippen LogP contribution in [0.2, 0.25) is 0 Å². The fraction of sp³-hybridized carbons (Fsp3) is 0.500. The monoisotopic (exact) mass is 526 g/mol. The van der Waals surface area contributed by atoms with E-state index in [1.807, 2.05) is 0 Å². The highest BCUT2D eigenvalue weighted by atomic mass is 79.9. The Kier molecular flexibility index (Phi) is 7.30. The van der Waals surface area contributed by atoms with Crippen LogP contribution in [-0.4, -0.2) is 85.4 Å². The number of piperazine rings is 1. The highest BCUT2D eigenvalue weighted by molar-refractivity contribution is 9.10. The van der Waals surface area contributed by atoms with Crippen molar-refractivity contribution in [1.29, 1.82) is 0 Å². The third kappa shape index (κ3) is 5.13. The van der Waals surface area contributed by atoms with Gasteiger partial charge in [-0.25, -0.2) is 4.79 Å². The number of nitrogens with zero attached hydrogens (tertiary/aromatic N) is 6. The van der Waals surface area contributed by atoms with Gasteiger partial charge in [-0.2, -0.15) is 5.10 Å². The Morgan fingerprint density at radius 1 is 1.30 bits per heavy atom. The summed E-state index contributed by atoms with van der Waals surface area (Å²) in [6.45, 7) is 6.87. The third-order valence-corrected chi connectivity index (χ3v) is 5.87. The number of rotatable bonds is 6. The molecule has 15 heteroatoms. The van der Waals surface area contributed by atoms with Gasteiger partial charge < -0.3 is 30.0 Å². The largest absolute Gasteiger partial charge is 0.450 e. The van der Waals surface area contributed by atoms with Gasteiger partial charge in [-0.15, -0.1) is 5.10 Å². The number of carbonyl (C=O) groups excluding carboxylic acids is 3. The molecule has 0 saturated carbocycles. The van der Waals surface area contributed by atoms with Crippen LogP contribution in [0.4, 0.5) is 16.3 Å². The summed E-state index contributed by atoms with van der Waals surface area (Å²) in [5, 5.41) is 23.7. The molecule has 0 aliphatic carbocycles. The SMILES string of the molecule is CCOC(=O)N1CCN(C(=O)C(C)n2cc(NC(=O)c3n[nH]c([N+](=O)[O-])c3Br)c(C)n2)CC1. The van der Waals surface area contributed by atoms with Gasteiger partial charge in [0.25, 0.3) is 5.91 Å². The van der Waals surface area contributed by atoms with Crippen molar-refractivity contribution in [2.24, 2.45) is 0 Å². The lowest BCUT2D eigenvalue weighted by molar-refractivity contribution is -0.390. The van der Waals surface area contributed by atoms with E-state index in [1.54, 1.807) is 30.6 Å². The first-order chi connectivity index (χ1) is 15.6. The zero-order chi connectivity index (χ0) is 24.3. The highest BCUT2D eigenvalue weighted by Crippen LogP contribution is 2.27. The molecule has 1 aliphatic heterocycles. The van der Waals surface area contributed by atoms with E-state index in [2.05, 4.69) is 36.5 Å². The molecule has 3 heterocycles. The van der Waals surface area contributed by atoms with E-state index in [-0.39, 0.29) is 16.1 Å². The van der Waals surface area contributed by atoms with E-state index in [4.69, 9.17) is 4.74 Å². The maximum Gasteiger partial charge on any atom is 0.409 e. The predicted molar refractivity (Wildman–Crippen MR) is 118 cm³/mol. The molecule has 1 fully saturated rings. The first-order valence-corrected chi connectivity index (χ1v) is 10.9. The van der Waals surface area contributed by atoms with Gasteiger partial charge in [0.2, 0.25) is 5.91 Å². The molecule has 1 aliphatic rings. The van der Waals surface area contributed by atoms with Crippen molar-refractivity contribution < 1.29 is 24.0 Å². The number of amides is 3. The Bertz CT molecular complexity index is 1070. The Labute approximate surface area is 196 Å². The number of aromatic nitrogens is 4. The number of ether oxygens (including phenoxy) is 1. The maximum atomic E-state index is 12.9. The minimum atomic E-state index is -0.697. The van der Waals surface area contributed by atoms with Gasteiger partial charge in [-0.3, -0.25) is 14.3 Å². The zero-order valence-electron chi connectivity index (χ0n) is 18.2. The summed E-state index contributed by atoms with van der Waals surface area (Å²) >= 11 is 3.00. The maximum absolute atomic E-state index is 12.9. The number of aromatic amines is 1. The third-order valence-electron chi connectivity index (χ3n) is 5.12.